The van der Waals surface area contributed by atoms with E-state index < -0.39 is 5.54 Å². The van der Waals surface area contributed by atoms with Crippen LogP contribution >= 0.6 is 15.9 Å². The SMILES string of the molecule is Cc1ccc(NC(C)(CO)c2ccccc2Br)cc1. The number of aliphatic hydroxyl groups is 1. The Morgan fingerprint density at radius 1 is 1.11 bits per heavy atom. The van der Waals surface area contributed by atoms with Gasteiger partial charge in [0.25, 0.3) is 0 Å². The Kier molecular flexibility index (Phi) is 4.27. The maximum atomic E-state index is 9.80. The van der Waals surface area contributed by atoms with Crippen LogP contribution in [0.1, 0.15) is 18.1 Å². The summed E-state index contributed by atoms with van der Waals surface area (Å²) in [5.41, 5.74) is 2.74. The van der Waals surface area contributed by atoms with E-state index in [1.54, 1.807) is 0 Å². The molecule has 2 nitrogen and oxygen atoms in total. The molecule has 19 heavy (non-hydrogen) atoms. The maximum absolute atomic E-state index is 9.80. The summed E-state index contributed by atoms with van der Waals surface area (Å²) in [6.07, 6.45) is 0. The van der Waals surface area contributed by atoms with E-state index in [9.17, 15) is 5.11 Å². The fourth-order valence-corrected chi connectivity index (χ4v) is 2.78. The van der Waals surface area contributed by atoms with Crippen molar-refractivity contribution < 1.29 is 5.11 Å². The fourth-order valence-electron chi connectivity index (χ4n) is 2.06. The second-order valence-corrected chi connectivity index (χ2v) is 5.82. The standard InChI is InChI=1S/C16H18BrNO/c1-12-7-9-13(10-8-12)18-16(2,11-19)14-5-3-4-6-15(14)17/h3-10,18-19H,11H2,1-2H3. The normalized spacial score (nSPS) is 13.9. The summed E-state index contributed by atoms with van der Waals surface area (Å²) in [5.74, 6) is 0. The van der Waals surface area contributed by atoms with Gasteiger partial charge in [-0.3, -0.25) is 0 Å². The second-order valence-electron chi connectivity index (χ2n) is 4.96. The molecule has 0 aliphatic heterocycles. The average Bonchev–Trinajstić information content (AvgIpc) is 2.42. The summed E-state index contributed by atoms with van der Waals surface area (Å²) in [6.45, 7) is 4.07. The summed E-state index contributed by atoms with van der Waals surface area (Å²) < 4.78 is 0.992. The van der Waals surface area contributed by atoms with Gasteiger partial charge < -0.3 is 10.4 Å². The largest absolute Gasteiger partial charge is 0.394 e. The zero-order valence-electron chi connectivity index (χ0n) is 11.2. The molecule has 1 atom stereocenters. The van der Waals surface area contributed by atoms with Gasteiger partial charge in [0.05, 0.1) is 12.1 Å². The lowest BCUT2D eigenvalue weighted by Gasteiger charge is -2.31. The Balaban J connectivity index is 2.33. The predicted octanol–water partition coefficient (Wildman–Crippen LogP) is 4.08. The topological polar surface area (TPSA) is 32.3 Å². The summed E-state index contributed by atoms with van der Waals surface area (Å²) in [6, 6.07) is 16.1. The molecule has 2 aromatic rings. The fraction of sp³-hybridized carbons (Fsp3) is 0.250. The van der Waals surface area contributed by atoms with Crippen molar-refractivity contribution in [3.8, 4) is 0 Å². The molecule has 100 valence electrons. The molecule has 0 saturated carbocycles. The monoisotopic (exact) mass is 319 g/mol. The van der Waals surface area contributed by atoms with Crippen molar-refractivity contribution in [3.05, 3.63) is 64.1 Å². The minimum atomic E-state index is -0.519. The van der Waals surface area contributed by atoms with Gasteiger partial charge in [-0.25, -0.2) is 0 Å². The van der Waals surface area contributed by atoms with E-state index in [1.807, 2.05) is 43.3 Å². The summed E-state index contributed by atoms with van der Waals surface area (Å²) in [5, 5.41) is 13.2. The molecular weight excluding hydrogens is 302 g/mol. The molecule has 0 saturated heterocycles. The van der Waals surface area contributed by atoms with E-state index in [1.165, 1.54) is 5.56 Å². The van der Waals surface area contributed by atoms with Gasteiger partial charge in [-0.15, -0.1) is 0 Å². The molecule has 0 heterocycles. The zero-order chi connectivity index (χ0) is 13.9. The van der Waals surface area contributed by atoms with Crippen LogP contribution in [0.2, 0.25) is 0 Å². The smallest absolute Gasteiger partial charge is 0.0839 e. The molecule has 0 aromatic heterocycles. The first-order valence-electron chi connectivity index (χ1n) is 6.26. The Bertz CT molecular complexity index is 553. The first-order chi connectivity index (χ1) is 9.05. The van der Waals surface area contributed by atoms with Crippen molar-refractivity contribution in [1.82, 2.24) is 0 Å². The number of hydrogen-bond acceptors (Lipinski definition) is 2. The first-order valence-corrected chi connectivity index (χ1v) is 7.05. The highest BCUT2D eigenvalue weighted by Crippen LogP contribution is 2.31. The minimum Gasteiger partial charge on any atom is -0.394 e. The molecule has 1 unspecified atom stereocenters. The van der Waals surface area contributed by atoms with Crippen LogP contribution < -0.4 is 5.32 Å². The van der Waals surface area contributed by atoms with Crippen LogP contribution in [0.4, 0.5) is 5.69 Å². The van der Waals surface area contributed by atoms with Crippen LogP contribution in [0.25, 0.3) is 0 Å². The molecule has 3 heteroatoms. The van der Waals surface area contributed by atoms with E-state index in [0.717, 1.165) is 15.7 Å². The molecule has 2 N–H and O–H groups in total. The van der Waals surface area contributed by atoms with Gasteiger partial charge in [0.1, 0.15) is 0 Å². The molecule has 0 bridgehead atoms. The van der Waals surface area contributed by atoms with Crippen molar-refractivity contribution in [1.29, 1.82) is 0 Å². The molecule has 2 rings (SSSR count). The molecule has 0 aliphatic rings. The van der Waals surface area contributed by atoms with Crippen LogP contribution in [0.5, 0.6) is 0 Å². The number of anilines is 1. The first kappa shape index (κ1) is 14.1. The molecular formula is C16H18BrNO. The van der Waals surface area contributed by atoms with E-state index in [0.29, 0.717) is 0 Å². The van der Waals surface area contributed by atoms with Crippen LogP contribution in [0, 0.1) is 6.92 Å². The van der Waals surface area contributed by atoms with Gasteiger partial charge in [-0.1, -0.05) is 51.8 Å². The molecule has 0 spiro atoms. The van der Waals surface area contributed by atoms with E-state index in [2.05, 4.69) is 40.3 Å². The lowest BCUT2D eigenvalue weighted by Crippen LogP contribution is -2.36. The van der Waals surface area contributed by atoms with Gasteiger partial charge >= 0.3 is 0 Å². The van der Waals surface area contributed by atoms with Crippen molar-refractivity contribution >= 4 is 21.6 Å². The Morgan fingerprint density at radius 3 is 2.32 bits per heavy atom. The van der Waals surface area contributed by atoms with Gasteiger partial charge in [0.15, 0.2) is 0 Å². The van der Waals surface area contributed by atoms with Crippen molar-refractivity contribution in [2.24, 2.45) is 0 Å². The van der Waals surface area contributed by atoms with Crippen molar-refractivity contribution in [3.63, 3.8) is 0 Å². The molecule has 2 aromatic carbocycles. The number of halogens is 1. The molecule has 0 fully saturated rings. The summed E-state index contributed by atoms with van der Waals surface area (Å²) in [7, 11) is 0. The van der Waals surface area contributed by atoms with Crippen LogP contribution in [0.15, 0.2) is 53.0 Å². The van der Waals surface area contributed by atoms with E-state index in [4.69, 9.17) is 0 Å². The van der Waals surface area contributed by atoms with E-state index >= 15 is 0 Å². The Hall–Kier alpha value is -1.32. The third-order valence-electron chi connectivity index (χ3n) is 3.26. The van der Waals surface area contributed by atoms with Gasteiger partial charge in [-0.2, -0.15) is 0 Å². The second kappa shape index (κ2) is 5.76. The average molecular weight is 320 g/mol. The quantitative estimate of drug-likeness (QED) is 0.890. The molecule has 0 aliphatic carbocycles. The van der Waals surface area contributed by atoms with Gasteiger partial charge in [0.2, 0.25) is 0 Å². The Morgan fingerprint density at radius 2 is 1.74 bits per heavy atom. The van der Waals surface area contributed by atoms with Crippen molar-refractivity contribution in [2.75, 3.05) is 11.9 Å². The lowest BCUT2D eigenvalue weighted by molar-refractivity contribution is 0.223. The van der Waals surface area contributed by atoms with Crippen LogP contribution in [0.3, 0.4) is 0 Å². The number of hydrogen-bond donors (Lipinski definition) is 2. The number of benzene rings is 2. The van der Waals surface area contributed by atoms with Crippen molar-refractivity contribution in [2.45, 2.75) is 19.4 Å². The number of rotatable bonds is 4. The highest BCUT2D eigenvalue weighted by Gasteiger charge is 2.27. The number of aliphatic hydroxyl groups excluding tert-OH is 1. The lowest BCUT2D eigenvalue weighted by atomic mass is 9.92. The van der Waals surface area contributed by atoms with E-state index in [-0.39, 0.29) is 6.61 Å². The molecule has 0 amide bonds. The predicted molar refractivity (Wildman–Crippen MR) is 83.4 cm³/mol. The highest BCUT2D eigenvalue weighted by atomic mass is 79.9. The third-order valence-corrected chi connectivity index (χ3v) is 3.95. The number of nitrogens with one attached hydrogen (secondary N) is 1. The number of aryl methyl sites for hydroxylation is 1. The molecule has 0 radical (unpaired) electrons. The Labute approximate surface area is 122 Å². The van der Waals surface area contributed by atoms with Gasteiger partial charge in [0, 0.05) is 10.2 Å². The van der Waals surface area contributed by atoms with Gasteiger partial charge in [-0.05, 0) is 37.6 Å². The maximum Gasteiger partial charge on any atom is 0.0839 e. The summed E-state index contributed by atoms with van der Waals surface area (Å²) in [4.78, 5) is 0. The zero-order valence-corrected chi connectivity index (χ0v) is 12.7. The minimum absolute atomic E-state index is 0.0174. The van der Waals surface area contributed by atoms with Crippen LogP contribution in [-0.4, -0.2) is 11.7 Å². The summed E-state index contributed by atoms with van der Waals surface area (Å²) >= 11 is 3.55. The van der Waals surface area contributed by atoms with Crippen LogP contribution in [-0.2, 0) is 5.54 Å². The highest BCUT2D eigenvalue weighted by molar-refractivity contribution is 9.10. The third kappa shape index (κ3) is 3.17.